The SMILES string of the molecule is COc1cc(Cl)c(OC)c(NC(=O)c2cc3ccccc3c(N=Nc3cc(C(=O)Nc4ccccc4)ccc3OC)c2O)c1. The minimum absolute atomic E-state index is 0.0464. The van der Waals surface area contributed by atoms with Gasteiger partial charge in [0.2, 0.25) is 0 Å². The fourth-order valence-electron chi connectivity index (χ4n) is 4.51. The van der Waals surface area contributed by atoms with Gasteiger partial charge >= 0.3 is 0 Å². The Labute approximate surface area is 257 Å². The van der Waals surface area contributed by atoms with Crippen LogP contribution >= 0.6 is 11.6 Å². The van der Waals surface area contributed by atoms with Gasteiger partial charge in [-0.15, -0.1) is 10.2 Å². The highest BCUT2D eigenvalue weighted by Gasteiger charge is 2.21. The Bertz CT molecular complexity index is 1900. The summed E-state index contributed by atoms with van der Waals surface area (Å²) < 4.78 is 16.1. The first-order valence-electron chi connectivity index (χ1n) is 13.3. The Hall–Kier alpha value is -5.61. The minimum Gasteiger partial charge on any atom is -0.505 e. The monoisotopic (exact) mass is 610 g/mol. The number of methoxy groups -OCH3 is 3. The average Bonchev–Trinajstić information content (AvgIpc) is 3.04. The van der Waals surface area contributed by atoms with Crippen LogP contribution in [0.15, 0.2) is 101 Å². The number of ether oxygens (including phenoxy) is 3. The molecular formula is C33H27ClN4O6. The van der Waals surface area contributed by atoms with Gasteiger partial charge in [-0.25, -0.2) is 0 Å². The van der Waals surface area contributed by atoms with Crippen molar-refractivity contribution in [2.24, 2.45) is 10.2 Å². The summed E-state index contributed by atoms with van der Waals surface area (Å²) in [6.07, 6.45) is 0. The van der Waals surface area contributed by atoms with Crippen molar-refractivity contribution in [1.82, 2.24) is 0 Å². The Balaban J connectivity index is 1.53. The standard InChI is InChI=1S/C33H27ClN4O6/c1-42-22-17-25(34)31(44-3)27(18-22)36-33(41)24-15-19-9-7-8-12-23(19)29(30(24)39)38-37-26-16-20(13-14-28(26)43-2)32(40)35-21-10-5-4-6-11-21/h4-18,39H,1-3H3,(H,35,40)(H,36,41). The van der Waals surface area contributed by atoms with Crippen LogP contribution in [0.2, 0.25) is 5.02 Å². The second-order valence-electron chi connectivity index (χ2n) is 9.39. The molecule has 11 heteroatoms. The molecule has 5 rings (SSSR count). The molecule has 0 fully saturated rings. The first-order chi connectivity index (χ1) is 21.3. The van der Waals surface area contributed by atoms with Gasteiger partial charge in [0.1, 0.15) is 22.9 Å². The van der Waals surface area contributed by atoms with Crippen LogP contribution < -0.4 is 24.8 Å². The first kappa shape index (κ1) is 29.9. The van der Waals surface area contributed by atoms with Gasteiger partial charge in [0.25, 0.3) is 11.8 Å². The molecule has 0 atom stereocenters. The molecule has 5 aromatic carbocycles. The molecule has 2 amide bonds. The third-order valence-electron chi connectivity index (χ3n) is 6.68. The van der Waals surface area contributed by atoms with E-state index in [0.717, 1.165) is 0 Å². The smallest absolute Gasteiger partial charge is 0.259 e. The summed E-state index contributed by atoms with van der Waals surface area (Å²) in [5.41, 5.74) is 1.41. The Morgan fingerprint density at radius 2 is 1.52 bits per heavy atom. The van der Waals surface area contributed by atoms with Crippen LogP contribution in [-0.4, -0.2) is 38.3 Å². The molecular weight excluding hydrogens is 584 g/mol. The Morgan fingerprint density at radius 3 is 2.25 bits per heavy atom. The highest BCUT2D eigenvalue weighted by molar-refractivity contribution is 6.33. The lowest BCUT2D eigenvalue weighted by atomic mass is 10.0. The number of fused-ring (bicyclic) bond motifs is 1. The van der Waals surface area contributed by atoms with Crippen molar-refractivity contribution in [3.8, 4) is 23.0 Å². The summed E-state index contributed by atoms with van der Waals surface area (Å²) in [5.74, 6) is -0.430. The number of aromatic hydroxyl groups is 1. The van der Waals surface area contributed by atoms with Crippen molar-refractivity contribution in [2.45, 2.75) is 0 Å². The third-order valence-corrected chi connectivity index (χ3v) is 6.96. The number of benzene rings is 5. The summed E-state index contributed by atoms with van der Waals surface area (Å²) in [6, 6.07) is 25.5. The van der Waals surface area contributed by atoms with Crippen molar-refractivity contribution in [1.29, 1.82) is 0 Å². The van der Waals surface area contributed by atoms with Gasteiger partial charge in [-0.05, 0) is 41.8 Å². The number of amides is 2. The van der Waals surface area contributed by atoms with Gasteiger partial charge < -0.3 is 30.0 Å². The number of anilines is 2. The van der Waals surface area contributed by atoms with E-state index in [1.54, 1.807) is 66.7 Å². The molecule has 44 heavy (non-hydrogen) atoms. The summed E-state index contributed by atoms with van der Waals surface area (Å²) in [5, 5.41) is 27.0. The molecule has 0 saturated heterocycles. The molecule has 222 valence electrons. The maximum atomic E-state index is 13.5. The lowest BCUT2D eigenvalue weighted by Crippen LogP contribution is -2.13. The van der Waals surface area contributed by atoms with E-state index >= 15 is 0 Å². The van der Waals surface area contributed by atoms with Crippen molar-refractivity contribution < 1.29 is 28.9 Å². The predicted molar refractivity (Wildman–Crippen MR) is 170 cm³/mol. The average molecular weight is 611 g/mol. The Kier molecular flexibility index (Phi) is 8.92. The fraction of sp³-hybridized carbons (Fsp3) is 0.0909. The summed E-state index contributed by atoms with van der Waals surface area (Å²) in [7, 11) is 4.36. The second kappa shape index (κ2) is 13.1. The lowest BCUT2D eigenvalue weighted by Gasteiger charge is -2.15. The molecule has 0 saturated carbocycles. The zero-order valence-corrected chi connectivity index (χ0v) is 24.7. The molecule has 0 aliphatic rings. The molecule has 3 N–H and O–H groups in total. The molecule has 0 aliphatic heterocycles. The zero-order valence-electron chi connectivity index (χ0n) is 23.9. The van der Waals surface area contributed by atoms with Crippen molar-refractivity contribution in [2.75, 3.05) is 32.0 Å². The number of hydrogen-bond acceptors (Lipinski definition) is 8. The van der Waals surface area contributed by atoms with E-state index in [2.05, 4.69) is 20.9 Å². The number of halogens is 1. The van der Waals surface area contributed by atoms with Crippen molar-refractivity contribution in [3.63, 3.8) is 0 Å². The quantitative estimate of drug-likeness (QED) is 0.144. The topological polar surface area (TPSA) is 131 Å². The number of phenolic OH excluding ortho intramolecular Hbond substituents is 1. The van der Waals surface area contributed by atoms with Gasteiger partial charge in [0, 0.05) is 28.8 Å². The number of carbonyl (C=O) groups is 2. The van der Waals surface area contributed by atoms with Gasteiger partial charge in [-0.1, -0.05) is 54.1 Å². The molecule has 0 heterocycles. The largest absolute Gasteiger partial charge is 0.505 e. The van der Waals surface area contributed by atoms with Gasteiger partial charge in [0.05, 0.1) is 37.6 Å². The van der Waals surface area contributed by atoms with E-state index in [-0.39, 0.29) is 39.3 Å². The molecule has 0 bridgehead atoms. The van der Waals surface area contributed by atoms with Crippen LogP contribution in [0.1, 0.15) is 20.7 Å². The molecule has 0 spiro atoms. The van der Waals surface area contributed by atoms with E-state index < -0.39 is 11.7 Å². The molecule has 10 nitrogen and oxygen atoms in total. The van der Waals surface area contributed by atoms with Crippen LogP contribution in [0.3, 0.4) is 0 Å². The molecule has 0 unspecified atom stereocenters. The van der Waals surface area contributed by atoms with Crippen LogP contribution in [0.5, 0.6) is 23.0 Å². The number of hydrogen-bond donors (Lipinski definition) is 3. The predicted octanol–water partition coefficient (Wildman–Crippen LogP) is 8.14. The molecule has 5 aromatic rings. The third kappa shape index (κ3) is 6.25. The van der Waals surface area contributed by atoms with E-state index in [1.165, 1.54) is 27.4 Å². The van der Waals surface area contributed by atoms with E-state index in [4.69, 9.17) is 25.8 Å². The number of nitrogens with zero attached hydrogens (tertiary/aromatic N) is 2. The van der Waals surface area contributed by atoms with Crippen LogP contribution in [0.25, 0.3) is 10.8 Å². The highest BCUT2D eigenvalue weighted by atomic mass is 35.5. The van der Waals surface area contributed by atoms with Gasteiger partial charge in [0.15, 0.2) is 11.5 Å². The number of rotatable bonds is 9. The lowest BCUT2D eigenvalue weighted by molar-refractivity contribution is 0.101. The molecule has 0 aliphatic carbocycles. The summed E-state index contributed by atoms with van der Waals surface area (Å²) >= 11 is 6.30. The number of para-hydroxylation sites is 1. The highest BCUT2D eigenvalue weighted by Crippen LogP contribution is 2.42. The van der Waals surface area contributed by atoms with E-state index in [1.807, 2.05) is 18.2 Å². The van der Waals surface area contributed by atoms with Gasteiger partial charge in [-0.2, -0.15) is 0 Å². The fourth-order valence-corrected chi connectivity index (χ4v) is 4.79. The van der Waals surface area contributed by atoms with Crippen LogP contribution in [0, 0.1) is 0 Å². The summed E-state index contributed by atoms with van der Waals surface area (Å²) in [6.45, 7) is 0. The molecule has 0 aromatic heterocycles. The maximum Gasteiger partial charge on any atom is 0.259 e. The number of phenols is 1. The summed E-state index contributed by atoms with van der Waals surface area (Å²) in [4.78, 5) is 26.4. The van der Waals surface area contributed by atoms with Crippen molar-refractivity contribution >= 4 is 56.9 Å². The van der Waals surface area contributed by atoms with Gasteiger partial charge in [-0.3, -0.25) is 9.59 Å². The minimum atomic E-state index is -0.649. The number of azo groups is 1. The zero-order chi connectivity index (χ0) is 31.2. The van der Waals surface area contributed by atoms with Crippen molar-refractivity contribution in [3.05, 3.63) is 107 Å². The Morgan fingerprint density at radius 1 is 0.773 bits per heavy atom. The van der Waals surface area contributed by atoms with Crippen LogP contribution in [-0.2, 0) is 0 Å². The normalized spacial score (nSPS) is 10.9. The van der Waals surface area contributed by atoms with E-state index in [9.17, 15) is 14.7 Å². The number of carbonyl (C=O) groups excluding carboxylic acids is 2. The second-order valence-corrected chi connectivity index (χ2v) is 9.80. The van der Waals surface area contributed by atoms with E-state index in [0.29, 0.717) is 33.5 Å². The van der Waals surface area contributed by atoms with Crippen LogP contribution in [0.4, 0.5) is 22.7 Å². The first-order valence-corrected chi connectivity index (χ1v) is 13.6. The maximum absolute atomic E-state index is 13.5. The number of nitrogens with one attached hydrogen (secondary N) is 2. The molecule has 0 radical (unpaired) electrons.